The van der Waals surface area contributed by atoms with E-state index in [4.69, 9.17) is 4.74 Å². The van der Waals surface area contributed by atoms with Gasteiger partial charge in [-0.05, 0) is 36.1 Å². The van der Waals surface area contributed by atoms with Crippen molar-refractivity contribution in [1.82, 2.24) is 0 Å². The SMILES string of the molecule is CCCOc1cccc(NCc2ccccc2CC)c1. The normalized spacial score (nSPS) is 10.3. The molecular formula is C18H23NO. The number of hydrogen-bond acceptors (Lipinski definition) is 2. The van der Waals surface area contributed by atoms with Gasteiger partial charge in [0.25, 0.3) is 0 Å². The molecule has 0 heterocycles. The lowest BCUT2D eigenvalue weighted by Gasteiger charge is -2.11. The number of nitrogens with one attached hydrogen (secondary N) is 1. The van der Waals surface area contributed by atoms with Crippen molar-refractivity contribution in [1.29, 1.82) is 0 Å². The molecule has 0 fully saturated rings. The van der Waals surface area contributed by atoms with Gasteiger partial charge in [0.05, 0.1) is 6.61 Å². The van der Waals surface area contributed by atoms with Crippen LogP contribution in [-0.4, -0.2) is 6.61 Å². The lowest BCUT2D eigenvalue weighted by Crippen LogP contribution is -2.03. The number of benzene rings is 2. The standard InChI is InChI=1S/C18H23NO/c1-3-12-20-18-11-7-10-17(13-18)19-14-16-9-6-5-8-15(16)4-2/h5-11,13,19H,3-4,12,14H2,1-2H3. The van der Waals surface area contributed by atoms with Crippen molar-refractivity contribution in [2.75, 3.05) is 11.9 Å². The van der Waals surface area contributed by atoms with E-state index in [2.05, 4.69) is 55.6 Å². The van der Waals surface area contributed by atoms with Crippen molar-refractivity contribution < 1.29 is 4.74 Å². The van der Waals surface area contributed by atoms with Gasteiger partial charge in [-0.1, -0.05) is 44.2 Å². The van der Waals surface area contributed by atoms with Crippen LogP contribution in [0, 0.1) is 0 Å². The highest BCUT2D eigenvalue weighted by molar-refractivity contribution is 5.49. The second-order valence-electron chi connectivity index (χ2n) is 4.85. The molecule has 2 nitrogen and oxygen atoms in total. The molecular weight excluding hydrogens is 246 g/mol. The van der Waals surface area contributed by atoms with Gasteiger partial charge in [-0.2, -0.15) is 0 Å². The minimum atomic E-state index is 0.766. The molecule has 0 radical (unpaired) electrons. The Morgan fingerprint density at radius 2 is 1.75 bits per heavy atom. The fourth-order valence-corrected chi connectivity index (χ4v) is 2.19. The molecule has 2 aromatic carbocycles. The first-order chi connectivity index (χ1) is 9.83. The van der Waals surface area contributed by atoms with Crippen LogP contribution in [0.5, 0.6) is 5.75 Å². The van der Waals surface area contributed by atoms with Crippen LogP contribution < -0.4 is 10.1 Å². The third kappa shape index (κ3) is 4.02. The van der Waals surface area contributed by atoms with Crippen molar-refractivity contribution in [2.45, 2.75) is 33.2 Å². The van der Waals surface area contributed by atoms with Crippen molar-refractivity contribution in [3.8, 4) is 5.75 Å². The summed E-state index contributed by atoms with van der Waals surface area (Å²) in [6.45, 7) is 5.92. The summed E-state index contributed by atoms with van der Waals surface area (Å²) in [6.07, 6.45) is 2.10. The van der Waals surface area contributed by atoms with Crippen LogP contribution in [-0.2, 0) is 13.0 Å². The van der Waals surface area contributed by atoms with E-state index in [1.54, 1.807) is 0 Å². The molecule has 2 aromatic rings. The van der Waals surface area contributed by atoms with Gasteiger partial charge in [0.15, 0.2) is 0 Å². The zero-order valence-electron chi connectivity index (χ0n) is 12.4. The minimum Gasteiger partial charge on any atom is -0.494 e. The molecule has 0 aliphatic rings. The number of hydrogen-bond donors (Lipinski definition) is 1. The van der Waals surface area contributed by atoms with Crippen LogP contribution >= 0.6 is 0 Å². The van der Waals surface area contributed by atoms with Crippen LogP contribution in [0.25, 0.3) is 0 Å². The fraction of sp³-hybridized carbons (Fsp3) is 0.333. The van der Waals surface area contributed by atoms with E-state index >= 15 is 0 Å². The Kier molecular flexibility index (Phi) is 5.48. The minimum absolute atomic E-state index is 0.766. The molecule has 2 rings (SSSR count). The molecule has 1 N–H and O–H groups in total. The van der Waals surface area contributed by atoms with Crippen molar-refractivity contribution >= 4 is 5.69 Å². The molecule has 0 saturated heterocycles. The number of ether oxygens (including phenoxy) is 1. The van der Waals surface area contributed by atoms with Crippen LogP contribution in [0.4, 0.5) is 5.69 Å². The van der Waals surface area contributed by atoms with Gasteiger partial charge < -0.3 is 10.1 Å². The summed E-state index contributed by atoms with van der Waals surface area (Å²) >= 11 is 0. The van der Waals surface area contributed by atoms with Crippen LogP contribution in [0.15, 0.2) is 48.5 Å². The molecule has 0 saturated carbocycles. The average Bonchev–Trinajstić information content (AvgIpc) is 2.51. The lowest BCUT2D eigenvalue weighted by molar-refractivity contribution is 0.317. The van der Waals surface area contributed by atoms with Gasteiger partial charge >= 0.3 is 0 Å². The summed E-state index contributed by atoms with van der Waals surface area (Å²) in [4.78, 5) is 0. The molecule has 0 bridgehead atoms. The van der Waals surface area contributed by atoms with Crippen molar-refractivity contribution in [2.24, 2.45) is 0 Å². The Bertz CT molecular complexity index is 536. The van der Waals surface area contributed by atoms with E-state index in [9.17, 15) is 0 Å². The summed E-state index contributed by atoms with van der Waals surface area (Å²) in [5.41, 5.74) is 3.86. The highest BCUT2D eigenvalue weighted by Crippen LogP contribution is 2.19. The first-order valence-electron chi connectivity index (χ1n) is 7.37. The predicted octanol–water partition coefficient (Wildman–Crippen LogP) is 4.65. The van der Waals surface area contributed by atoms with Gasteiger partial charge in [-0.3, -0.25) is 0 Å². The topological polar surface area (TPSA) is 21.3 Å². The first-order valence-corrected chi connectivity index (χ1v) is 7.37. The summed E-state index contributed by atoms with van der Waals surface area (Å²) in [7, 11) is 0. The Hall–Kier alpha value is -1.96. The molecule has 0 aromatic heterocycles. The molecule has 0 unspecified atom stereocenters. The van der Waals surface area contributed by atoms with E-state index < -0.39 is 0 Å². The van der Waals surface area contributed by atoms with E-state index in [1.165, 1.54) is 11.1 Å². The maximum Gasteiger partial charge on any atom is 0.121 e. The smallest absolute Gasteiger partial charge is 0.121 e. The molecule has 0 spiro atoms. The molecule has 106 valence electrons. The van der Waals surface area contributed by atoms with Crippen LogP contribution in [0.1, 0.15) is 31.4 Å². The Labute approximate surface area is 121 Å². The Morgan fingerprint density at radius 3 is 2.50 bits per heavy atom. The Morgan fingerprint density at radius 1 is 0.950 bits per heavy atom. The second kappa shape index (κ2) is 7.59. The summed E-state index contributed by atoms with van der Waals surface area (Å²) < 4.78 is 5.65. The predicted molar refractivity (Wildman–Crippen MR) is 85.4 cm³/mol. The molecule has 0 aliphatic carbocycles. The van der Waals surface area contributed by atoms with Crippen molar-refractivity contribution in [3.05, 3.63) is 59.7 Å². The van der Waals surface area contributed by atoms with Gasteiger partial charge in [-0.25, -0.2) is 0 Å². The highest BCUT2D eigenvalue weighted by Gasteiger charge is 2.00. The van der Waals surface area contributed by atoms with Crippen LogP contribution in [0.2, 0.25) is 0 Å². The second-order valence-corrected chi connectivity index (χ2v) is 4.85. The number of aryl methyl sites for hydroxylation is 1. The van der Waals surface area contributed by atoms with Gasteiger partial charge in [0.2, 0.25) is 0 Å². The average molecular weight is 269 g/mol. The Balaban J connectivity index is 1.99. The number of anilines is 1. The lowest BCUT2D eigenvalue weighted by atomic mass is 10.1. The third-order valence-electron chi connectivity index (χ3n) is 3.29. The fourth-order valence-electron chi connectivity index (χ4n) is 2.19. The first kappa shape index (κ1) is 14.4. The molecule has 20 heavy (non-hydrogen) atoms. The highest BCUT2D eigenvalue weighted by atomic mass is 16.5. The largest absolute Gasteiger partial charge is 0.494 e. The molecule has 2 heteroatoms. The van der Waals surface area contributed by atoms with Gasteiger partial charge in [0, 0.05) is 18.3 Å². The maximum atomic E-state index is 5.65. The third-order valence-corrected chi connectivity index (χ3v) is 3.29. The molecule has 0 atom stereocenters. The van der Waals surface area contributed by atoms with E-state index in [0.29, 0.717) is 0 Å². The summed E-state index contributed by atoms with van der Waals surface area (Å²) in [5.74, 6) is 0.931. The molecule has 0 amide bonds. The van der Waals surface area contributed by atoms with E-state index in [0.717, 1.165) is 37.4 Å². The quantitative estimate of drug-likeness (QED) is 0.790. The summed E-state index contributed by atoms with van der Waals surface area (Å²) in [6, 6.07) is 16.7. The monoisotopic (exact) mass is 269 g/mol. The van der Waals surface area contributed by atoms with Gasteiger partial charge in [-0.15, -0.1) is 0 Å². The van der Waals surface area contributed by atoms with E-state index in [-0.39, 0.29) is 0 Å². The van der Waals surface area contributed by atoms with Crippen LogP contribution in [0.3, 0.4) is 0 Å². The summed E-state index contributed by atoms with van der Waals surface area (Å²) in [5, 5.41) is 3.47. The molecule has 0 aliphatic heterocycles. The van der Waals surface area contributed by atoms with Gasteiger partial charge in [0.1, 0.15) is 5.75 Å². The van der Waals surface area contributed by atoms with Crippen molar-refractivity contribution in [3.63, 3.8) is 0 Å². The van der Waals surface area contributed by atoms with E-state index in [1.807, 2.05) is 12.1 Å². The number of rotatable bonds is 7. The zero-order chi connectivity index (χ0) is 14.2. The zero-order valence-corrected chi connectivity index (χ0v) is 12.4. The maximum absolute atomic E-state index is 5.65.